The van der Waals surface area contributed by atoms with Gasteiger partial charge in [0.25, 0.3) is 0 Å². The maximum Gasteiger partial charge on any atom is 0.737 e. The van der Waals surface area contributed by atoms with Gasteiger partial charge in [-0.25, -0.2) is 9.97 Å². The van der Waals surface area contributed by atoms with Gasteiger partial charge in [-0.05, 0) is 48.7 Å². The van der Waals surface area contributed by atoms with Crippen molar-refractivity contribution in [2.45, 2.75) is 0 Å². The molecule has 1 N–H and O–H groups in total. The smallest absolute Gasteiger partial charge is 0.507 e. The van der Waals surface area contributed by atoms with Crippen LogP contribution in [0.25, 0.3) is 39.1 Å². The lowest BCUT2D eigenvalue weighted by Gasteiger charge is -2.31. The van der Waals surface area contributed by atoms with E-state index < -0.39 is 6.97 Å². The number of nitrogens with zero attached hydrogens (tertiary/aromatic N) is 4. The fourth-order valence-corrected chi connectivity index (χ4v) is 5.92. The Balaban J connectivity index is 1.50. The summed E-state index contributed by atoms with van der Waals surface area (Å²) in [7, 11) is 0. The number of aromatic nitrogens is 3. The minimum atomic E-state index is -4.06. The molecule has 2 aromatic heterocycles. The summed E-state index contributed by atoms with van der Waals surface area (Å²) >= 11 is 9.87. The van der Waals surface area contributed by atoms with Gasteiger partial charge in [-0.1, -0.05) is 57.9 Å². The van der Waals surface area contributed by atoms with Crippen LogP contribution in [0.3, 0.4) is 0 Å². The Hall–Kier alpha value is -4.08. The molecule has 3 aromatic carbocycles. The molecule has 0 aliphatic carbocycles. The Morgan fingerprint density at radius 3 is 2.56 bits per heavy atom. The molecule has 0 unspecified atom stereocenters. The first kappa shape index (κ1) is 24.0. The molecule has 5 nitrogen and oxygen atoms in total. The number of phenols is 1. The van der Waals surface area contributed by atoms with Crippen LogP contribution in [0.4, 0.5) is 8.63 Å². The lowest BCUT2D eigenvalue weighted by molar-refractivity contribution is -0.356. The Labute approximate surface area is 235 Å². The zero-order chi connectivity index (χ0) is 26.9. The lowest BCUT2D eigenvalue weighted by atomic mass is 9.86. The molecule has 0 saturated heterocycles. The summed E-state index contributed by atoms with van der Waals surface area (Å²) in [6.45, 7) is -4.06. The zero-order valence-corrected chi connectivity index (χ0v) is 22.4. The molecule has 5 aromatic rings. The summed E-state index contributed by atoms with van der Waals surface area (Å²) < 4.78 is 33.2. The van der Waals surface area contributed by atoms with Crippen molar-refractivity contribution < 1.29 is 18.2 Å². The first-order valence-electron chi connectivity index (χ1n) is 12.1. The van der Waals surface area contributed by atoms with Crippen LogP contribution in [-0.4, -0.2) is 37.2 Å². The molecule has 0 spiro atoms. The molecular weight excluding hydrogens is 585 g/mol. The van der Waals surface area contributed by atoms with Gasteiger partial charge >= 0.3 is 6.97 Å². The van der Waals surface area contributed by atoms with Crippen LogP contribution in [0.1, 0.15) is 11.3 Å². The van der Waals surface area contributed by atoms with Gasteiger partial charge in [0.1, 0.15) is 12.0 Å². The van der Waals surface area contributed by atoms with E-state index in [0.29, 0.717) is 54.6 Å². The standard InChI is InChI=1S/C29H17BBrClF2N4O/c31-18-14-21(26-24-8-4-12-37(24)30(33,34)38-13-5-9-25(26)38)28(39)22(15-18)29-35-23-11-10-19(32)16-20(23)27(36-29)17-6-2-1-3-7-17/h1-16,39H. The maximum absolute atomic E-state index is 15.3. The first-order valence-corrected chi connectivity index (χ1v) is 13.3. The monoisotopic (exact) mass is 600 g/mol. The van der Waals surface area contributed by atoms with Crippen molar-refractivity contribution in [2.24, 2.45) is 0 Å². The van der Waals surface area contributed by atoms with Gasteiger partial charge in [0.15, 0.2) is 11.5 Å². The van der Waals surface area contributed by atoms with E-state index in [1.165, 1.54) is 12.4 Å². The molecule has 2 aliphatic heterocycles. The highest BCUT2D eigenvalue weighted by Crippen LogP contribution is 2.45. The molecule has 2 aliphatic rings. The summed E-state index contributed by atoms with van der Waals surface area (Å²) in [6.07, 6.45) is 5.93. The van der Waals surface area contributed by atoms with E-state index in [2.05, 4.69) is 15.9 Å². The molecule has 4 heterocycles. The highest BCUT2D eigenvalue weighted by atomic mass is 79.9. The third kappa shape index (κ3) is 3.68. The van der Waals surface area contributed by atoms with Crippen molar-refractivity contribution in [2.75, 3.05) is 0 Å². The molecule has 10 heteroatoms. The van der Waals surface area contributed by atoms with E-state index in [-0.39, 0.29) is 5.75 Å². The lowest BCUT2D eigenvalue weighted by Crippen LogP contribution is -2.49. The third-order valence-electron chi connectivity index (χ3n) is 7.03. The van der Waals surface area contributed by atoms with Crippen LogP contribution in [0.15, 0.2) is 101 Å². The summed E-state index contributed by atoms with van der Waals surface area (Å²) in [5.41, 5.74) is 4.02. The van der Waals surface area contributed by atoms with E-state index >= 15 is 8.63 Å². The van der Waals surface area contributed by atoms with E-state index in [4.69, 9.17) is 21.6 Å². The van der Waals surface area contributed by atoms with Crippen molar-refractivity contribution in [1.29, 1.82) is 0 Å². The van der Waals surface area contributed by atoms with Gasteiger partial charge in [-0.15, -0.1) is 0 Å². The quantitative estimate of drug-likeness (QED) is 0.218. The van der Waals surface area contributed by atoms with Gasteiger partial charge in [0.05, 0.1) is 22.3 Å². The molecule has 7 rings (SSSR count). The highest BCUT2D eigenvalue weighted by Gasteiger charge is 2.51. The molecule has 0 fully saturated rings. The van der Waals surface area contributed by atoms with Crippen LogP contribution >= 0.6 is 27.5 Å². The number of benzene rings is 3. The first-order chi connectivity index (χ1) is 18.8. The number of allylic oxidation sites excluding steroid dienone is 2. The average Bonchev–Trinajstić information content (AvgIpc) is 3.62. The Bertz CT molecular complexity index is 1940. The number of halogens is 4. The van der Waals surface area contributed by atoms with Crippen LogP contribution < -0.4 is 0 Å². The normalized spacial score (nSPS) is 15.4. The van der Waals surface area contributed by atoms with E-state index in [9.17, 15) is 5.11 Å². The average molecular weight is 602 g/mol. The molecule has 0 saturated carbocycles. The second kappa shape index (κ2) is 8.72. The molecule has 0 atom stereocenters. The molecule has 39 heavy (non-hydrogen) atoms. The van der Waals surface area contributed by atoms with Crippen molar-refractivity contribution in [3.05, 3.63) is 118 Å². The number of rotatable bonds is 3. The number of aromatic hydroxyl groups is 1. The summed E-state index contributed by atoms with van der Waals surface area (Å²) in [6, 6.07) is 21.7. The summed E-state index contributed by atoms with van der Waals surface area (Å²) in [4.78, 5) is 9.64. The van der Waals surface area contributed by atoms with Gasteiger partial charge in [0.2, 0.25) is 0 Å². The van der Waals surface area contributed by atoms with E-state index in [1.54, 1.807) is 42.5 Å². The fraction of sp³-hybridized carbons (Fsp3) is 0. The van der Waals surface area contributed by atoms with E-state index in [0.717, 1.165) is 19.9 Å². The number of hydrogen-bond acceptors (Lipinski definition) is 3. The Morgan fingerprint density at radius 1 is 0.949 bits per heavy atom. The minimum absolute atomic E-state index is 0.112. The van der Waals surface area contributed by atoms with Crippen LogP contribution in [-0.2, 0) is 0 Å². The topological polar surface area (TPSA) is 54.0 Å². The Morgan fingerprint density at radius 2 is 1.74 bits per heavy atom. The van der Waals surface area contributed by atoms with Gasteiger partial charge in [-0.3, -0.25) is 0 Å². The predicted molar refractivity (Wildman–Crippen MR) is 154 cm³/mol. The zero-order valence-electron chi connectivity index (χ0n) is 20.1. The van der Waals surface area contributed by atoms with Crippen molar-refractivity contribution >= 4 is 57.2 Å². The predicted octanol–water partition coefficient (Wildman–Crippen LogP) is 7.54. The van der Waals surface area contributed by atoms with Crippen molar-refractivity contribution in [3.8, 4) is 28.4 Å². The number of hydrogen-bond donors (Lipinski definition) is 1. The second-order valence-corrected chi connectivity index (χ2v) is 10.7. The second-order valence-electron chi connectivity index (χ2n) is 9.34. The summed E-state index contributed by atoms with van der Waals surface area (Å²) in [5.74, 6) is 0.180. The van der Waals surface area contributed by atoms with Gasteiger partial charge in [0, 0.05) is 43.9 Å². The van der Waals surface area contributed by atoms with Gasteiger partial charge < -0.3 is 22.7 Å². The molecule has 0 bridgehead atoms. The minimum Gasteiger partial charge on any atom is -0.507 e. The fourth-order valence-electron chi connectivity index (χ4n) is 5.29. The molecule has 0 radical (unpaired) electrons. The molecular formula is C29H17BBrClF2N4O. The SMILES string of the molecule is Oc1c(C2=C3C=CC=[N+]3[B-](F)(F)n3cccc32)cc(Br)cc1-c1nc(-c2ccccc2)c2cc(Cl)ccc2n1. The van der Waals surface area contributed by atoms with Crippen molar-refractivity contribution in [3.63, 3.8) is 0 Å². The third-order valence-corrected chi connectivity index (χ3v) is 7.72. The highest BCUT2D eigenvalue weighted by molar-refractivity contribution is 9.10. The van der Waals surface area contributed by atoms with Gasteiger partial charge in [-0.2, -0.15) is 0 Å². The van der Waals surface area contributed by atoms with Crippen molar-refractivity contribution in [1.82, 2.24) is 14.4 Å². The Kier molecular flexibility index (Phi) is 5.37. The number of fused-ring (bicyclic) bond motifs is 3. The maximum atomic E-state index is 15.3. The summed E-state index contributed by atoms with van der Waals surface area (Å²) in [5, 5.41) is 13.0. The largest absolute Gasteiger partial charge is 0.737 e. The van der Waals surface area contributed by atoms with Crippen LogP contribution in [0.5, 0.6) is 5.75 Å². The van der Waals surface area contributed by atoms with E-state index in [1.807, 2.05) is 42.5 Å². The van der Waals surface area contributed by atoms with Crippen LogP contribution in [0.2, 0.25) is 5.02 Å². The van der Waals surface area contributed by atoms with Crippen LogP contribution in [0, 0.1) is 0 Å². The molecule has 190 valence electrons. The number of phenolic OH excluding ortho intramolecular Hbond substituents is 1. The molecule has 0 amide bonds.